The Morgan fingerprint density at radius 1 is 1.00 bits per heavy atom. The van der Waals surface area contributed by atoms with E-state index in [1.165, 1.54) is 6.92 Å². The molecule has 1 aliphatic heterocycles. The molecule has 0 spiro atoms. The molecule has 0 aromatic carbocycles. The van der Waals surface area contributed by atoms with Gasteiger partial charge >= 0.3 is 17.9 Å². The van der Waals surface area contributed by atoms with Crippen LogP contribution in [0.1, 0.15) is 20.8 Å². The number of esters is 3. The number of ether oxygens (including phenoxy) is 4. The van der Waals surface area contributed by atoms with E-state index < -0.39 is 42.5 Å². The van der Waals surface area contributed by atoms with Crippen LogP contribution in [0, 0.1) is 0 Å². The minimum Gasteiger partial charge on any atom is -0.456 e. The zero-order valence-corrected chi connectivity index (χ0v) is 10.8. The monoisotopic (exact) mass is 276 g/mol. The minimum atomic E-state index is -1.44. The van der Waals surface area contributed by atoms with Gasteiger partial charge in [0.05, 0.1) is 6.61 Å². The average Bonchev–Trinajstić information content (AvgIpc) is 2.26. The average molecular weight is 276 g/mol. The predicted molar refractivity (Wildman–Crippen MR) is 58.6 cm³/mol. The summed E-state index contributed by atoms with van der Waals surface area (Å²) in [6.07, 6.45) is -4.82. The Labute approximate surface area is 109 Å². The molecular weight excluding hydrogens is 260 g/mol. The molecule has 8 nitrogen and oxygen atoms in total. The molecule has 0 amide bonds. The van der Waals surface area contributed by atoms with Gasteiger partial charge in [-0.3, -0.25) is 14.4 Å². The fourth-order valence-electron chi connectivity index (χ4n) is 1.68. The van der Waals surface area contributed by atoms with Crippen LogP contribution < -0.4 is 0 Å². The summed E-state index contributed by atoms with van der Waals surface area (Å²) in [5.74, 6) is -1.93. The van der Waals surface area contributed by atoms with E-state index in [1.54, 1.807) is 0 Å². The van der Waals surface area contributed by atoms with Gasteiger partial charge in [-0.1, -0.05) is 0 Å². The van der Waals surface area contributed by atoms with E-state index in [0.29, 0.717) is 0 Å². The lowest BCUT2D eigenvalue weighted by atomic mass is 10.0. The van der Waals surface area contributed by atoms with E-state index in [-0.39, 0.29) is 6.61 Å². The van der Waals surface area contributed by atoms with Crippen LogP contribution in [0.2, 0.25) is 0 Å². The van der Waals surface area contributed by atoms with Crippen molar-refractivity contribution in [2.75, 3.05) is 6.61 Å². The highest BCUT2D eigenvalue weighted by molar-refractivity contribution is 5.67. The van der Waals surface area contributed by atoms with Gasteiger partial charge < -0.3 is 24.1 Å². The second-order valence-electron chi connectivity index (χ2n) is 4.02. The molecule has 1 saturated heterocycles. The highest BCUT2D eigenvalue weighted by Crippen LogP contribution is 2.22. The van der Waals surface area contributed by atoms with Crippen LogP contribution in [0.15, 0.2) is 0 Å². The second-order valence-corrected chi connectivity index (χ2v) is 4.02. The summed E-state index contributed by atoms with van der Waals surface area (Å²) in [6, 6.07) is 0. The standard InChI is InChI=1S/C11H16O8/c1-5(12)17-8-4-16-11(19-7(3)14)9(15)10(8)18-6(2)13/h8-11,15H,4H2,1-3H3/t8-,9-,10+,11-/m0/s1. The zero-order valence-electron chi connectivity index (χ0n) is 10.8. The van der Waals surface area contributed by atoms with Crippen molar-refractivity contribution in [2.24, 2.45) is 0 Å². The first-order valence-electron chi connectivity index (χ1n) is 5.62. The third-order valence-corrected chi connectivity index (χ3v) is 2.31. The van der Waals surface area contributed by atoms with Crippen molar-refractivity contribution >= 4 is 17.9 Å². The molecule has 0 aromatic rings. The van der Waals surface area contributed by atoms with Crippen molar-refractivity contribution in [1.82, 2.24) is 0 Å². The van der Waals surface area contributed by atoms with E-state index in [9.17, 15) is 19.5 Å². The molecule has 0 unspecified atom stereocenters. The van der Waals surface area contributed by atoms with Crippen molar-refractivity contribution in [1.29, 1.82) is 0 Å². The maximum Gasteiger partial charge on any atom is 0.305 e. The van der Waals surface area contributed by atoms with Gasteiger partial charge in [0.15, 0.2) is 18.3 Å². The Hall–Kier alpha value is -1.67. The third kappa shape index (κ3) is 4.49. The highest BCUT2D eigenvalue weighted by Gasteiger charge is 2.45. The third-order valence-electron chi connectivity index (χ3n) is 2.31. The first-order chi connectivity index (χ1) is 8.81. The van der Waals surface area contributed by atoms with Crippen LogP contribution in [-0.4, -0.2) is 54.2 Å². The summed E-state index contributed by atoms with van der Waals surface area (Å²) in [4.78, 5) is 32.8. The van der Waals surface area contributed by atoms with E-state index in [0.717, 1.165) is 13.8 Å². The first kappa shape index (κ1) is 15.4. The van der Waals surface area contributed by atoms with Crippen LogP contribution in [0.5, 0.6) is 0 Å². The molecule has 0 aromatic heterocycles. The number of aliphatic hydroxyl groups excluding tert-OH is 1. The van der Waals surface area contributed by atoms with E-state index in [1.807, 2.05) is 0 Å². The number of carbonyl (C=O) groups excluding carboxylic acids is 3. The molecule has 0 bridgehead atoms. The SMILES string of the molecule is CC(=O)O[C@@H]1OC[C@H](OC(C)=O)[C@@H](OC(C)=O)[C@@H]1O. The smallest absolute Gasteiger partial charge is 0.305 e. The van der Waals surface area contributed by atoms with Crippen molar-refractivity contribution < 1.29 is 38.4 Å². The Morgan fingerprint density at radius 3 is 2.00 bits per heavy atom. The lowest BCUT2D eigenvalue weighted by Gasteiger charge is -2.37. The lowest BCUT2D eigenvalue weighted by molar-refractivity contribution is -0.269. The Balaban J connectivity index is 2.79. The molecular formula is C11H16O8. The normalized spacial score (nSPS) is 30.3. The molecule has 8 heteroatoms. The summed E-state index contributed by atoms with van der Waals surface area (Å²) in [6.45, 7) is 3.31. The first-order valence-corrected chi connectivity index (χ1v) is 5.62. The van der Waals surface area contributed by atoms with Crippen LogP contribution >= 0.6 is 0 Å². The number of hydrogen-bond donors (Lipinski definition) is 1. The summed E-state index contributed by atoms with van der Waals surface area (Å²) < 4.78 is 19.6. The molecule has 0 saturated carbocycles. The van der Waals surface area contributed by atoms with E-state index >= 15 is 0 Å². The van der Waals surface area contributed by atoms with Crippen molar-refractivity contribution in [2.45, 2.75) is 45.4 Å². The van der Waals surface area contributed by atoms with Gasteiger partial charge in [0.2, 0.25) is 6.29 Å². The molecule has 0 radical (unpaired) electrons. The fourth-order valence-corrected chi connectivity index (χ4v) is 1.68. The van der Waals surface area contributed by atoms with Crippen molar-refractivity contribution in [3.05, 3.63) is 0 Å². The molecule has 1 rings (SSSR count). The van der Waals surface area contributed by atoms with Crippen LogP contribution in [0.4, 0.5) is 0 Å². The van der Waals surface area contributed by atoms with Gasteiger partial charge in [-0.25, -0.2) is 0 Å². The molecule has 108 valence electrons. The van der Waals surface area contributed by atoms with Gasteiger partial charge in [-0.15, -0.1) is 0 Å². The number of aliphatic hydroxyl groups is 1. The number of hydrogen-bond acceptors (Lipinski definition) is 8. The Bertz CT molecular complexity index is 366. The Morgan fingerprint density at radius 2 is 1.53 bits per heavy atom. The molecule has 1 aliphatic rings. The van der Waals surface area contributed by atoms with Gasteiger partial charge in [0.25, 0.3) is 0 Å². The molecule has 4 atom stereocenters. The lowest BCUT2D eigenvalue weighted by Crippen LogP contribution is -2.56. The summed E-state index contributed by atoms with van der Waals surface area (Å²) in [7, 11) is 0. The summed E-state index contributed by atoms with van der Waals surface area (Å²) in [5, 5.41) is 9.94. The quantitative estimate of drug-likeness (QED) is 0.523. The zero-order chi connectivity index (χ0) is 14.6. The van der Waals surface area contributed by atoms with Crippen LogP contribution in [-0.2, 0) is 33.3 Å². The number of rotatable bonds is 3. The summed E-state index contributed by atoms with van der Waals surface area (Å²) in [5.41, 5.74) is 0. The molecule has 19 heavy (non-hydrogen) atoms. The fraction of sp³-hybridized carbons (Fsp3) is 0.727. The highest BCUT2D eigenvalue weighted by atomic mass is 16.7. The second kappa shape index (κ2) is 6.48. The maximum atomic E-state index is 11.0. The molecule has 0 aliphatic carbocycles. The predicted octanol–water partition coefficient (Wildman–Crippen LogP) is -0.870. The largest absolute Gasteiger partial charge is 0.456 e. The topological polar surface area (TPSA) is 108 Å². The molecule has 1 N–H and O–H groups in total. The minimum absolute atomic E-state index is 0.160. The van der Waals surface area contributed by atoms with Crippen LogP contribution in [0.3, 0.4) is 0 Å². The Kier molecular flexibility index (Phi) is 5.25. The molecule has 1 heterocycles. The number of carbonyl (C=O) groups is 3. The van der Waals surface area contributed by atoms with Crippen LogP contribution in [0.25, 0.3) is 0 Å². The molecule has 1 fully saturated rings. The van der Waals surface area contributed by atoms with E-state index in [4.69, 9.17) is 18.9 Å². The maximum absolute atomic E-state index is 11.0. The summed E-state index contributed by atoms with van der Waals surface area (Å²) >= 11 is 0. The van der Waals surface area contributed by atoms with Gasteiger partial charge in [-0.05, 0) is 0 Å². The van der Waals surface area contributed by atoms with Crippen molar-refractivity contribution in [3.63, 3.8) is 0 Å². The van der Waals surface area contributed by atoms with E-state index in [2.05, 4.69) is 0 Å². The van der Waals surface area contributed by atoms with Gasteiger partial charge in [-0.2, -0.15) is 0 Å². The van der Waals surface area contributed by atoms with Gasteiger partial charge in [0.1, 0.15) is 0 Å². The van der Waals surface area contributed by atoms with Gasteiger partial charge in [0, 0.05) is 20.8 Å². The van der Waals surface area contributed by atoms with Crippen molar-refractivity contribution in [3.8, 4) is 0 Å².